The Hall–Kier alpha value is -1.99. The molecule has 140 valence electrons. The summed E-state index contributed by atoms with van der Waals surface area (Å²) >= 11 is 0. The molecular weight excluding hydrogens is 348 g/mol. The normalized spacial score (nSPS) is 19.9. The number of halogens is 1. The van der Waals surface area contributed by atoms with E-state index in [0.717, 1.165) is 16.7 Å². The minimum absolute atomic E-state index is 0. The highest BCUT2D eigenvalue weighted by molar-refractivity contribution is 5.89. The number of carbonyl (C=O) groups excluding carboxylic acids is 1. The molecule has 0 aliphatic carbocycles. The number of nitrogens with one attached hydrogen (secondary N) is 1. The van der Waals surface area contributed by atoms with Gasteiger partial charge < -0.3 is 26.0 Å². The molecule has 1 aliphatic heterocycles. The molecule has 5 N–H and O–H groups in total. The van der Waals surface area contributed by atoms with Crippen molar-refractivity contribution in [1.29, 1.82) is 0 Å². The number of fused-ring (bicyclic) bond motifs is 1. The summed E-state index contributed by atoms with van der Waals surface area (Å²) in [5.74, 6) is -0.851. The summed E-state index contributed by atoms with van der Waals surface area (Å²) < 4.78 is 6.00. The van der Waals surface area contributed by atoms with Gasteiger partial charge in [-0.1, -0.05) is 0 Å². The third kappa shape index (κ3) is 3.67. The van der Waals surface area contributed by atoms with Crippen LogP contribution < -0.4 is 15.8 Å². The van der Waals surface area contributed by atoms with Gasteiger partial charge in [-0.15, -0.1) is 12.4 Å². The van der Waals surface area contributed by atoms with Crippen LogP contribution in [0.2, 0.25) is 0 Å². The molecule has 1 heterocycles. The zero-order valence-electron chi connectivity index (χ0n) is 14.8. The van der Waals surface area contributed by atoms with E-state index in [1.165, 1.54) is 0 Å². The predicted molar refractivity (Wildman–Crippen MR) is 95.5 cm³/mol. The van der Waals surface area contributed by atoms with E-state index in [1.807, 2.05) is 13.8 Å². The van der Waals surface area contributed by atoms with Crippen molar-refractivity contribution in [2.24, 2.45) is 5.73 Å². The molecule has 7 nitrogen and oxygen atoms in total. The van der Waals surface area contributed by atoms with Crippen LogP contribution in [0.1, 0.15) is 35.6 Å². The van der Waals surface area contributed by atoms with E-state index in [4.69, 9.17) is 15.6 Å². The molecule has 1 aromatic carbocycles. The molecule has 25 heavy (non-hydrogen) atoms. The second kappa shape index (κ2) is 7.49. The topological polar surface area (TPSA) is 122 Å². The maximum Gasteiger partial charge on any atom is 0.327 e. The van der Waals surface area contributed by atoms with E-state index in [9.17, 15) is 14.7 Å². The van der Waals surface area contributed by atoms with Gasteiger partial charge in [-0.2, -0.15) is 0 Å². The van der Waals surface area contributed by atoms with E-state index < -0.39 is 23.5 Å². The van der Waals surface area contributed by atoms with Crippen molar-refractivity contribution in [2.75, 3.05) is 6.54 Å². The molecule has 1 aromatic rings. The fourth-order valence-electron chi connectivity index (χ4n) is 2.94. The van der Waals surface area contributed by atoms with Crippen molar-refractivity contribution in [1.82, 2.24) is 5.32 Å². The Kier molecular flexibility index (Phi) is 6.31. The average Bonchev–Trinajstić information content (AvgIpc) is 2.55. The van der Waals surface area contributed by atoms with Gasteiger partial charge in [0.15, 0.2) is 5.60 Å². The molecule has 0 fully saturated rings. The number of benzene rings is 1. The largest absolute Gasteiger partial charge is 0.507 e. The third-order valence-corrected chi connectivity index (χ3v) is 4.84. The fourth-order valence-corrected chi connectivity index (χ4v) is 2.94. The van der Waals surface area contributed by atoms with Crippen LogP contribution >= 0.6 is 12.4 Å². The molecule has 1 amide bonds. The summed E-state index contributed by atoms with van der Waals surface area (Å²) in [6, 6.07) is -1.15. The Balaban J connectivity index is 0.00000312. The van der Waals surface area contributed by atoms with Crippen molar-refractivity contribution in [3.05, 3.63) is 22.3 Å². The van der Waals surface area contributed by atoms with Gasteiger partial charge in [0.1, 0.15) is 17.5 Å². The van der Waals surface area contributed by atoms with Crippen molar-refractivity contribution in [3.8, 4) is 11.5 Å². The lowest BCUT2D eigenvalue weighted by atomic mass is 9.86. The van der Waals surface area contributed by atoms with Crippen LogP contribution in [0.3, 0.4) is 0 Å². The van der Waals surface area contributed by atoms with Crippen molar-refractivity contribution < 1.29 is 24.5 Å². The van der Waals surface area contributed by atoms with Gasteiger partial charge in [0.05, 0.1) is 0 Å². The van der Waals surface area contributed by atoms with E-state index in [0.29, 0.717) is 24.2 Å². The fraction of sp³-hybridized carbons (Fsp3) is 0.529. The summed E-state index contributed by atoms with van der Waals surface area (Å²) in [6.45, 7) is 6.89. The molecular formula is C17H25ClN2O5. The minimum Gasteiger partial charge on any atom is -0.507 e. The molecule has 0 spiro atoms. The van der Waals surface area contributed by atoms with Crippen LogP contribution in [0.5, 0.6) is 11.5 Å². The highest BCUT2D eigenvalue weighted by Crippen LogP contribution is 2.43. The smallest absolute Gasteiger partial charge is 0.327 e. The van der Waals surface area contributed by atoms with Gasteiger partial charge in [0.2, 0.25) is 0 Å². The number of aromatic hydroxyl groups is 1. The van der Waals surface area contributed by atoms with Crippen LogP contribution in [0.4, 0.5) is 0 Å². The molecule has 1 aliphatic rings. The highest BCUT2D eigenvalue weighted by Gasteiger charge is 2.42. The second-order valence-electron chi connectivity index (χ2n) is 6.46. The van der Waals surface area contributed by atoms with E-state index in [2.05, 4.69) is 5.32 Å². The summed E-state index contributed by atoms with van der Waals surface area (Å²) in [7, 11) is 0. The van der Waals surface area contributed by atoms with Crippen LogP contribution in [-0.4, -0.2) is 40.3 Å². The maximum atomic E-state index is 12.5. The second-order valence-corrected chi connectivity index (χ2v) is 6.46. The Morgan fingerprint density at radius 2 is 1.88 bits per heavy atom. The Labute approximate surface area is 153 Å². The van der Waals surface area contributed by atoms with Crippen molar-refractivity contribution in [3.63, 3.8) is 0 Å². The van der Waals surface area contributed by atoms with Crippen molar-refractivity contribution in [2.45, 2.75) is 52.2 Å². The maximum absolute atomic E-state index is 12.5. The number of ether oxygens (including phenoxy) is 1. The predicted octanol–water partition coefficient (Wildman–Crippen LogP) is 1.35. The van der Waals surface area contributed by atoms with Crippen molar-refractivity contribution >= 4 is 24.3 Å². The van der Waals surface area contributed by atoms with Crippen LogP contribution in [0.25, 0.3) is 0 Å². The molecule has 2 rings (SSSR count). The Morgan fingerprint density at radius 1 is 1.28 bits per heavy atom. The quantitative estimate of drug-likeness (QED) is 0.633. The van der Waals surface area contributed by atoms with Crippen LogP contribution in [0.15, 0.2) is 0 Å². The molecule has 0 saturated heterocycles. The lowest BCUT2D eigenvalue weighted by molar-refractivity contribution is -0.145. The third-order valence-electron chi connectivity index (χ3n) is 4.84. The van der Waals surface area contributed by atoms with Crippen LogP contribution in [-0.2, 0) is 16.0 Å². The average molecular weight is 373 g/mol. The monoisotopic (exact) mass is 372 g/mol. The first-order valence-electron chi connectivity index (χ1n) is 7.86. The molecule has 0 radical (unpaired) electrons. The molecule has 2 atom stereocenters. The first kappa shape index (κ1) is 21.1. The number of carboxylic acids is 1. The number of phenols is 1. The van der Waals surface area contributed by atoms with Crippen LogP contribution in [0, 0.1) is 20.8 Å². The van der Waals surface area contributed by atoms with Gasteiger partial charge in [-0.05, 0) is 50.8 Å². The van der Waals surface area contributed by atoms with Gasteiger partial charge >= 0.3 is 5.97 Å². The molecule has 0 aromatic heterocycles. The molecule has 8 heteroatoms. The lowest BCUT2D eigenvalue weighted by Gasteiger charge is -2.37. The zero-order valence-corrected chi connectivity index (χ0v) is 15.6. The van der Waals surface area contributed by atoms with Gasteiger partial charge in [-0.25, -0.2) is 4.79 Å². The highest BCUT2D eigenvalue weighted by atomic mass is 35.5. The minimum atomic E-state index is -1.18. The Bertz CT molecular complexity index is 707. The van der Waals surface area contributed by atoms with Gasteiger partial charge in [0.25, 0.3) is 5.91 Å². The lowest BCUT2D eigenvalue weighted by Crippen LogP contribution is -2.56. The summed E-state index contributed by atoms with van der Waals surface area (Å²) in [4.78, 5) is 23.6. The van der Waals surface area contributed by atoms with E-state index in [-0.39, 0.29) is 24.7 Å². The number of phenolic OH excluding ortho intramolecular Hbond substituents is 1. The first-order valence-corrected chi connectivity index (χ1v) is 7.86. The number of amides is 1. The number of nitrogens with two attached hydrogens (primary N) is 1. The number of carbonyl (C=O) groups is 2. The SMILES string of the molecule is Cc1c(C)c2c(c(C)c1O)CCC(C)(C(=O)NC(CN)C(=O)O)O2.Cl. The number of hydrogen-bond acceptors (Lipinski definition) is 5. The summed E-state index contributed by atoms with van der Waals surface area (Å²) in [6.07, 6.45) is 0.936. The standard InChI is InChI=1S/C17H24N2O5.ClH/c1-8-9(2)14-11(10(3)13(8)20)5-6-17(4,24-14)16(23)19-12(7-18)15(21)22;/h12,20H,5-7,18H2,1-4H3,(H,19,23)(H,21,22);1H. The molecule has 2 unspecified atom stereocenters. The van der Waals surface area contributed by atoms with E-state index >= 15 is 0 Å². The number of carboxylic acid groups (broad SMARTS) is 1. The van der Waals surface area contributed by atoms with Gasteiger partial charge in [0, 0.05) is 18.5 Å². The number of aliphatic carboxylic acids is 1. The number of hydrogen-bond donors (Lipinski definition) is 4. The Morgan fingerprint density at radius 3 is 2.40 bits per heavy atom. The van der Waals surface area contributed by atoms with Gasteiger partial charge in [-0.3, -0.25) is 4.79 Å². The zero-order chi connectivity index (χ0) is 18.2. The molecule has 0 bridgehead atoms. The number of rotatable bonds is 4. The summed E-state index contributed by atoms with van der Waals surface area (Å²) in [5.41, 5.74) is 7.33. The van der Waals surface area contributed by atoms with E-state index in [1.54, 1.807) is 13.8 Å². The first-order chi connectivity index (χ1) is 11.1. The molecule has 0 saturated carbocycles. The summed E-state index contributed by atoms with van der Waals surface area (Å²) in [5, 5.41) is 21.7.